The van der Waals surface area contributed by atoms with Gasteiger partial charge in [0.25, 0.3) is 5.91 Å². The highest BCUT2D eigenvalue weighted by molar-refractivity contribution is 6.32. The minimum absolute atomic E-state index is 0.0369. The number of hydrogen-bond donors (Lipinski definition) is 1. The van der Waals surface area contributed by atoms with Crippen molar-refractivity contribution in [2.45, 2.75) is 20.0 Å². The summed E-state index contributed by atoms with van der Waals surface area (Å²) in [4.78, 5) is 25.6. The van der Waals surface area contributed by atoms with E-state index in [2.05, 4.69) is 5.32 Å². The fourth-order valence-corrected chi connectivity index (χ4v) is 3.70. The van der Waals surface area contributed by atoms with Crippen LogP contribution >= 0.6 is 11.6 Å². The Hall–Kier alpha value is -3.51. The monoisotopic (exact) mass is 453 g/mol. The first-order valence-electron chi connectivity index (χ1n) is 9.79. The fraction of sp³-hybridized carbons (Fsp3) is 0.120. The van der Waals surface area contributed by atoms with Gasteiger partial charge in [0.1, 0.15) is 17.1 Å². The Labute approximate surface area is 187 Å². The van der Waals surface area contributed by atoms with E-state index in [0.717, 1.165) is 23.3 Å². The van der Waals surface area contributed by atoms with Crippen LogP contribution in [0.15, 0.2) is 69.9 Å². The first-order valence-corrected chi connectivity index (χ1v) is 10.2. The van der Waals surface area contributed by atoms with Crippen molar-refractivity contribution >= 4 is 34.2 Å². The number of alkyl halides is 1. The van der Waals surface area contributed by atoms with Crippen LogP contribution in [0, 0.1) is 19.7 Å². The molecule has 1 heterocycles. The molecule has 0 radical (unpaired) electrons. The summed E-state index contributed by atoms with van der Waals surface area (Å²) < 4.78 is 33.4. The van der Waals surface area contributed by atoms with Crippen molar-refractivity contribution in [2.24, 2.45) is 0 Å². The molecule has 0 aliphatic carbocycles. The number of rotatable bonds is 4. The van der Waals surface area contributed by atoms with Gasteiger partial charge in [-0.2, -0.15) is 0 Å². The third kappa shape index (κ3) is 4.01. The van der Waals surface area contributed by atoms with Crippen LogP contribution in [0.5, 0.6) is 0 Å². The molecule has 0 bridgehead atoms. The summed E-state index contributed by atoms with van der Waals surface area (Å²) in [6.07, 6.45) is -2.11. The number of aryl methyl sites for hydroxylation is 2. The minimum Gasteiger partial charge on any atom is -0.421 e. The molecule has 4 aromatic rings. The highest BCUT2D eigenvalue weighted by atomic mass is 35.5. The average molecular weight is 454 g/mol. The number of anilines is 1. The zero-order chi connectivity index (χ0) is 23.0. The first kappa shape index (κ1) is 21.7. The van der Waals surface area contributed by atoms with E-state index in [1.807, 2.05) is 19.1 Å². The second-order valence-corrected chi connectivity index (χ2v) is 7.86. The third-order valence-corrected chi connectivity index (χ3v) is 5.65. The molecular formula is C25H18ClF2NO3. The number of carbonyl (C=O) groups is 1. The van der Waals surface area contributed by atoms with Gasteiger partial charge in [0, 0.05) is 16.0 Å². The second-order valence-electron chi connectivity index (χ2n) is 7.46. The van der Waals surface area contributed by atoms with E-state index in [4.69, 9.17) is 16.0 Å². The number of carbonyl (C=O) groups excluding carboxylic acids is 1. The molecule has 1 N–H and O–H groups in total. The Morgan fingerprint density at radius 3 is 2.41 bits per heavy atom. The lowest BCUT2D eigenvalue weighted by Crippen LogP contribution is -2.23. The largest absolute Gasteiger partial charge is 0.421 e. The van der Waals surface area contributed by atoms with E-state index in [-0.39, 0.29) is 11.3 Å². The van der Waals surface area contributed by atoms with Gasteiger partial charge >= 0.3 is 5.63 Å². The number of halogens is 3. The molecular weight excluding hydrogens is 436 g/mol. The van der Waals surface area contributed by atoms with Crippen molar-refractivity contribution in [3.05, 3.63) is 98.6 Å². The van der Waals surface area contributed by atoms with Crippen molar-refractivity contribution in [1.29, 1.82) is 0 Å². The van der Waals surface area contributed by atoms with Crippen LogP contribution in [0.4, 0.5) is 14.5 Å². The average Bonchev–Trinajstić information content (AvgIpc) is 2.76. The van der Waals surface area contributed by atoms with Crippen LogP contribution in [-0.2, 0) is 4.79 Å². The molecule has 7 heteroatoms. The summed E-state index contributed by atoms with van der Waals surface area (Å²) >= 11 is 6.33. The van der Waals surface area contributed by atoms with Gasteiger partial charge in [-0.1, -0.05) is 48.0 Å². The quantitative estimate of drug-likeness (QED) is 0.358. The van der Waals surface area contributed by atoms with Crippen LogP contribution in [0.25, 0.3) is 22.1 Å². The molecule has 1 amide bonds. The lowest BCUT2D eigenvalue weighted by molar-refractivity contribution is -0.121. The first-order chi connectivity index (χ1) is 15.3. The number of benzene rings is 3. The molecule has 0 saturated heterocycles. The Kier molecular flexibility index (Phi) is 5.80. The van der Waals surface area contributed by atoms with E-state index in [9.17, 15) is 18.4 Å². The summed E-state index contributed by atoms with van der Waals surface area (Å²) in [5.74, 6) is -1.62. The van der Waals surface area contributed by atoms with Crippen molar-refractivity contribution in [3.63, 3.8) is 0 Å². The molecule has 1 atom stereocenters. The van der Waals surface area contributed by atoms with Gasteiger partial charge in [0.2, 0.25) is 6.17 Å². The van der Waals surface area contributed by atoms with Crippen molar-refractivity contribution in [3.8, 4) is 11.1 Å². The minimum atomic E-state index is -2.11. The lowest BCUT2D eigenvalue weighted by atomic mass is 9.95. The second kappa shape index (κ2) is 8.55. The standard InChI is InChI=1S/C25H18ClF2NO3/c1-13-5-3-4-6-17(13)21-18-12-19(26)14(2)11-20(18)32-25(31)23(21)29-24(30)22(28)15-7-9-16(27)10-8-15/h3-12,22H,1-2H3,(H,29,30). The molecule has 32 heavy (non-hydrogen) atoms. The summed E-state index contributed by atoms with van der Waals surface area (Å²) in [5.41, 5.74) is 1.85. The van der Waals surface area contributed by atoms with Gasteiger partial charge in [0.15, 0.2) is 0 Å². The summed E-state index contributed by atoms with van der Waals surface area (Å²) in [6, 6.07) is 15.0. The fourth-order valence-electron chi connectivity index (χ4n) is 3.54. The molecule has 4 nitrogen and oxygen atoms in total. The zero-order valence-electron chi connectivity index (χ0n) is 17.2. The van der Waals surface area contributed by atoms with Gasteiger partial charge in [-0.25, -0.2) is 13.6 Å². The molecule has 0 aliphatic heterocycles. The molecule has 0 fully saturated rings. The molecule has 0 spiro atoms. The summed E-state index contributed by atoms with van der Waals surface area (Å²) in [7, 11) is 0. The lowest BCUT2D eigenvalue weighted by Gasteiger charge is -2.16. The molecule has 0 saturated carbocycles. The molecule has 1 unspecified atom stereocenters. The van der Waals surface area contributed by atoms with E-state index in [0.29, 0.717) is 27.1 Å². The smallest absolute Gasteiger partial charge is 0.360 e. The van der Waals surface area contributed by atoms with Crippen LogP contribution in [0.2, 0.25) is 5.02 Å². The van der Waals surface area contributed by atoms with E-state index >= 15 is 0 Å². The zero-order valence-corrected chi connectivity index (χ0v) is 18.0. The molecule has 0 aliphatic rings. The summed E-state index contributed by atoms with van der Waals surface area (Å²) in [6.45, 7) is 3.63. The van der Waals surface area contributed by atoms with Crippen molar-refractivity contribution < 1.29 is 18.0 Å². The highest BCUT2D eigenvalue weighted by Gasteiger charge is 2.25. The topological polar surface area (TPSA) is 59.3 Å². The summed E-state index contributed by atoms with van der Waals surface area (Å²) in [5, 5.41) is 3.34. The van der Waals surface area contributed by atoms with E-state index in [1.165, 1.54) is 12.1 Å². The van der Waals surface area contributed by atoms with E-state index in [1.54, 1.807) is 31.2 Å². The number of fused-ring (bicyclic) bond motifs is 1. The van der Waals surface area contributed by atoms with Gasteiger partial charge in [-0.3, -0.25) is 4.79 Å². The SMILES string of the molecule is Cc1cc2oc(=O)c(NC(=O)C(F)c3ccc(F)cc3)c(-c3ccccc3C)c2cc1Cl. The van der Waals surface area contributed by atoms with Gasteiger partial charge in [-0.15, -0.1) is 0 Å². The van der Waals surface area contributed by atoms with Crippen LogP contribution < -0.4 is 10.9 Å². The molecule has 1 aromatic heterocycles. The number of hydrogen-bond acceptors (Lipinski definition) is 3. The van der Waals surface area contributed by atoms with Crippen LogP contribution in [0.1, 0.15) is 22.9 Å². The van der Waals surface area contributed by atoms with Gasteiger partial charge in [-0.05, 0) is 60.4 Å². The number of amides is 1. The van der Waals surface area contributed by atoms with Gasteiger partial charge in [0.05, 0.1) is 0 Å². The highest BCUT2D eigenvalue weighted by Crippen LogP contribution is 2.37. The Morgan fingerprint density at radius 2 is 1.72 bits per heavy atom. The number of nitrogens with one attached hydrogen (secondary N) is 1. The van der Waals surface area contributed by atoms with Crippen molar-refractivity contribution in [2.75, 3.05) is 5.32 Å². The predicted octanol–water partition coefficient (Wildman–Crippen LogP) is 6.52. The Morgan fingerprint density at radius 1 is 1.03 bits per heavy atom. The molecule has 4 rings (SSSR count). The van der Waals surface area contributed by atoms with Crippen LogP contribution in [0.3, 0.4) is 0 Å². The third-order valence-electron chi connectivity index (χ3n) is 5.24. The normalized spacial score (nSPS) is 12.0. The predicted molar refractivity (Wildman–Crippen MR) is 121 cm³/mol. The molecule has 162 valence electrons. The maximum Gasteiger partial charge on any atom is 0.360 e. The van der Waals surface area contributed by atoms with E-state index < -0.39 is 23.5 Å². The van der Waals surface area contributed by atoms with Crippen molar-refractivity contribution in [1.82, 2.24) is 0 Å². The Balaban J connectivity index is 1.89. The van der Waals surface area contributed by atoms with Crippen LogP contribution in [-0.4, -0.2) is 5.91 Å². The maximum absolute atomic E-state index is 14.8. The molecule has 3 aromatic carbocycles. The van der Waals surface area contributed by atoms with Gasteiger partial charge < -0.3 is 9.73 Å². The maximum atomic E-state index is 14.8. The Bertz CT molecular complexity index is 1400.